The first-order chi connectivity index (χ1) is 8.60. The van der Waals surface area contributed by atoms with Crippen molar-refractivity contribution in [3.05, 3.63) is 29.1 Å². The smallest absolute Gasteiger partial charge is 0.312 e. The molecular formula is C11H9ClN2O4. The molecule has 0 saturated carbocycles. The zero-order valence-electron chi connectivity index (χ0n) is 9.38. The molecule has 0 saturated heterocycles. The lowest BCUT2D eigenvalue weighted by Gasteiger charge is -2.04. The number of aromatic nitrogens is 2. The monoisotopic (exact) mass is 268 g/mol. The highest BCUT2D eigenvalue weighted by atomic mass is 35.5. The van der Waals surface area contributed by atoms with Gasteiger partial charge in [-0.2, -0.15) is 4.98 Å². The quantitative estimate of drug-likeness (QED) is 0.913. The summed E-state index contributed by atoms with van der Waals surface area (Å²) in [4.78, 5) is 14.5. The van der Waals surface area contributed by atoms with E-state index in [4.69, 9.17) is 26.0 Å². The van der Waals surface area contributed by atoms with Crippen molar-refractivity contribution in [2.24, 2.45) is 0 Å². The number of carbonyl (C=O) groups is 1. The van der Waals surface area contributed by atoms with E-state index < -0.39 is 5.97 Å². The van der Waals surface area contributed by atoms with Gasteiger partial charge in [-0.15, -0.1) is 0 Å². The average Bonchev–Trinajstić information content (AvgIpc) is 2.76. The van der Waals surface area contributed by atoms with Crippen LogP contribution in [0.1, 0.15) is 5.89 Å². The van der Waals surface area contributed by atoms with Crippen molar-refractivity contribution in [2.45, 2.75) is 6.42 Å². The molecule has 1 aromatic carbocycles. The van der Waals surface area contributed by atoms with Gasteiger partial charge in [-0.3, -0.25) is 4.79 Å². The van der Waals surface area contributed by atoms with Crippen molar-refractivity contribution >= 4 is 17.6 Å². The predicted molar refractivity (Wildman–Crippen MR) is 62.6 cm³/mol. The first-order valence-electron chi connectivity index (χ1n) is 4.98. The average molecular weight is 269 g/mol. The van der Waals surface area contributed by atoms with E-state index in [2.05, 4.69) is 10.1 Å². The first kappa shape index (κ1) is 12.4. The van der Waals surface area contributed by atoms with E-state index in [1.54, 1.807) is 18.2 Å². The molecule has 2 rings (SSSR count). The molecule has 94 valence electrons. The van der Waals surface area contributed by atoms with Crippen LogP contribution in [0.5, 0.6) is 5.75 Å². The molecule has 0 atom stereocenters. The molecule has 0 aliphatic carbocycles. The second-order valence-electron chi connectivity index (χ2n) is 3.43. The molecule has 0 aliphatic rings. The number of carboxylic acid groups (broad SMARTS) is 1. The summed E-state index contributed by atoms with van der Waals surface area (Å²) >= 11 is 5.84. The second-order valence-corrected chi connectivity index (χ2v) is 3.86. The molecule has 0 bridgehead atoms. The lowest BCUT2D eigenvalue weighted by molar-refractivity contribution is -0.136. The van der Waals surface area contributed by atoms with Crippen LogP contribution < -0.4 is 4.74 Å². The van der Waals surface area contributed by atoms with Gasteiger partial charge in [-0.25, -0.2) is 0 Å². The van der Waals surface area contributed by atoms with E-state index >= 15 is 0 Å². The van der Waals surface area contributed by atoms with Gasteiger partial charge in [0, 0.05) is 5.02 Å². The molecule has 1 N–H and O–H groups in total. The van der Waals surface area contributed by atoms with Gasteiger partial charge in [-0.1, -0.05) is 16.8 Å². The summed E-state index contributed by atoms with van der Waals surface area (Å²) in [6.07, 6.45) is -0.317. The zero-order valence-corrected chi connectivity index (χ0v) is 10.1. The van der Waals surface area contributed by atoms with E-state index in [0.29, 0.717) is 16.3 Å². The number of aliphatic carboxylic acids is 1. The maximum absolute atomic E-state index is 10.5. The summed E-state index contributed by atoms with van der Waals surface area (Å²) < 4.78 is 9.98. The summed E-state index contributed by atoms with van der Waals surface area (Å²) in [5.41, 5.74) is 0.585. The molecular weight excluding hydrogens is 260 g/mol. The lowest BCUT2D eigenvalue weighted by atomic mass is 10.2. The number of nitrogens with zero attached hydrogens (tertiary/aromatic N) is 2. The van der Waals surface area contributed by atoms with E-state index in [-0.39, 0.29) is 18.1 Å². The Hall–Kier alpha value is -2.08. The zero-order chi connectivity index (χ0) is 13.1. The van der Waals surface area contributed by atoms with Gasteiger partial charge in [0.1, 0.15) is 12.2 Å². The van der Waals surface area contributed by atoms with Crippen LogP contribution >= 0.6 is 11.6 Å². The van der Waals surface area contributed by atoms with E-state index in [1.807, 2.05) is 0 Å². The highest BCUT2D eigenvalue weighted by Gasteiger charge is 2.15. The normalized spacial score (nSPS) is 10.3. The minimum Gasteiger partial charge on any atom is -0.496 e. The Bertz CT molecular complexity index is 582. The fourth-order valence-electron chi connectivity index (χ4n) is 1.42. The largest absolute Gasteiger partial charge is 0.496 e. The Morgan fingerprint density at radius 3 is 3.00 bits per heavy atom. The summed E-state index contributed by atoms with van der Waals surface area (Å²) in [5, 5.41) is 12.8. The molecule has 2 aromatic rings. The molecule has 0 spiro atoms. The first-order valence-corrected chi connectivity index (χ1v) is 5.36. The molecule has 0 aliphatic heterocycles. The number of hydrogen-bond acceptors (Lipinski definition) is 5. The minimum atomic E-state index is -1.03. The van der Waals surface area contributed by atoms with Gasteiger partial charge in [0.05, 0.1) is 12.7 Å². The van der Waals surface area contributed by atoms with Gasteiger partial charge < -0.3 is 14.4 Å². The number of benzene rings is 1. The highest BCUT2D eigenvalue weighted by molar-refractivity contribution is 6.30. The minimum absolute atomic E-state index is 0.0366. The summed E-state index contributed by atoms with van der Waals surface area (Å²) in [5.74, 6) is -0.243. The molecule has 0 unspecified atom stereocenters. The Morgan fingerprint density at radius 1 is 1.56 bits per heavy atom. The third kappa shape index (κ3) is 2.60. The van der Waals surface area contributed by atoms with Crippen LogP contribution in [0.25, 0.3) is 11.4 Å². The van der Waals surface area contributed by atoms with E-state index in [9.17, 15) is 4.79 Å². The SMILES string of the molecule is COc1cc(Cl)ccc1-c1noc(CC(=O)O)n1. The lowest BCUT2D eigenvalue weighted by Crippen LogP contribution is -2.00. The Balaban J connectivity index is 2.36. The van der Waals surface area contributed by atoms with Crippen molar-refractivity contribution in [1.29, 1.82) is 0 Å². The van der Waals surface area contributed by atoms with Crippen molar-refractivity contribution in [2.75, 3.05) is 7.11 Å². The van der Waals surface area contributed by atoms with Crippen molar-refractivity contribution in [3.8, 4) is 17.1 Å². The molecule has 1 aromatic heterocycles. The summed E-state index contributed by atoms with van der Waals surface area (Å²) in [7, 11) is 1.49. The van der Waals surface area contributed by atoms with Gasteiger partial charge in [0.15, 0.2) is 0 Å². The van der Waals surface area contributed by atoms with Gasteiger partial charge in [0.2, 0.25) is 11.7 Å². The maximum Gasteiger partial charge on any atom is 0.312 e. The Labute approximate surface area is 107 Å². The molecule has 0 radical (unpaired) electrons. The number of hydrogen-bond donors (Lipinski definition) is 1. The number of rotatable bonds is 4. The van der Waals surface area contributed by atoms with Crippen LogP contribution in [0, 0.1) is 0 Å². The maximum atomic E-state index is 10.5. The van der Waals surface area contributed by atoms with E-state index in [1.165, 1.54) is 7.11 Å². The highest BCUT2D eigenvalue weighted by Crippen LogP contribution is 2.30. The summed E-state index contributed by atoms with van der Waals surface area (Å²) in [6, 6.07) is 4.95. The molecule has 18 heavy (non-hydrogen) atoms. The van der Waals surface area contributed by atoms with Crippen LogP contribution in [-0.2, 0) is 11.2 Å². The van der Waals surface area contributed by atoms with Crippen molar-refractivity contribution in [1.82, 2.24) is 10.1 Å². The number of carboxylic acids is 1. The molecule has 0 fully saturated rings. The standard InChI is InChI=1S/C11H9ClN2O4/c1-17-8-4-6(12)2-3-7(8)11-13-9(18-14-11)5-10(15)16/h2-4H,5H2,1H3,(H,15,16). The topological polar surface area (TPSA) is 85.5 Å². The van der Waals surface area contributed by atoms with Crippen LogP contribution in [0.2, 0.25) is 5.02 Å². The van der Waals surface area contributed by atoms with Gasteiger partial charge in [-0.05, 0) is 18.2 Å². The van der Waals surface area contributed by atoms with Gasteiger partial charge >= 0.3 is 5.97 Å². The fourth-order valence-corrected chi connectivity index (χ4v) is 1.58. The molecule has 0 amide bonds. The fraction of sp³-hybridized carbons (Fsp3) is 0.182. The van der Waals surface area contributed by atoms with Crippen LogP contribution in [0.3, 0.4) is 0 Å². The third-order valence-corrected chi connectivity index (χ3v) is 2.41. The summed E-state index contributed by atoms with van der Waals surface area (Å²) in [6.45, 7) is 0. The molecule has 1 heterocycles. The third-order valence-electron chi connectivity index (χ3n) is 2.18. The van der Waals surface area contributed by atoms with Crippen molar-refractivity contribution in [3.63, 3.8) is 0 Å². The molecule has 6 nitrogen and oxygen atoms in total. The second kappa shape index (κ2) is 5.05. The van der Waals surface area contributed by atoms with Gasteiger partial charge in [0.25, 0.3) is 0 Å². The Kier molecular flexibility index (Phi) is 3.47. The predicted octanol–water partition coefficient (Wildman–Crippen LogP) is 2.03. The van der Waals surface area contributed by atoms with Crippen molar-refractivity contribution < 1.29 is 19.2 Å². The van der Waals surface area contributed by atoms with Crippen LogP contribution in [-0.4, -0.2) is 28.3 Å². The molecule has 7 heteroatoms. The number of ether oxygens (including phenoxy) is 1. The number of halogens is 1. The Morgan fingerprint density at radius 2 is 2.33 bits per heavy atom. The van der Waals surface area contributed by atoms with Crippen LogP contribution in [0.15, 0.2) is 22.7 Å². The van der Waals surface area contributed by atoms with Crippen LogP contribution in [0.4, 0.5) is 0 Å². The van der Waals surface area contributed by atoms with E-state index in [0.717, 1.165) is 0 Å². The number of methoxy groups -OCH3 is 1.